The van der Waals surface area contributed by atoms with Crippen LogP contribution in [0.3, 0.4) is 0 Å². The number of aryl methyl sites for hydroxylation is 1. The molecule has 3 heterocycles. The highest BCUT2D eigenvalue weighted by Gasteiger charge is 2.21. The van der Waals surface area contributed by atoms with Gasteiger partial charge in [0, 0.05) is 24.7 Å². The molecule has 1 atom stereocenters. The molecular weight excluding hydrogens is 312 g/mol. The first-order valence-corrected chi connectivity index (χ1v) is 8.64. The van der Waals surface area contributed by atoms with Crippen LogP contribution in [-0.2, 0) is 13.0 Å². The highest BCUT2D eigenvalue weighted by Crippen LogP contribution is 2.18. The molecule has 0 unspecified atom stereocenters. The Hall–Kier alpha value is -1.99. The molecular formula is C16H20N4O2S. The summed E-state index contributed by atoms with van der Waals surface area (Å²) in [7, 11) is 0. The van der Waals surface area contributed by atoms with Crippen molar-refractivity contribution in [2.24, 2.45) is 0 Å². The number of β-amino-alcohol motifs (C(OH)–C–C–N with tert-alkyl or cyclic N) is 1. The maximum absolute atomic E-state index is 12.2. The van der Waals surface area contributed by atoms with E-state index in [4.69, 9.17) is 0 Å². The van der Waals surface area contributed by atoms with Crippen LogP contribution in [0.2, 0.25) is 0 Å². The first-order chi connectivity index (χ1) is 11.2. The van der Waals surface area contributed by atoms with Gasteiger partial charge in [0.15, 0.2) is 0 Å². The van der Waals surface area contributed by atoms with Crippen molar-refractivity contribution in [2.75, 3.05) is 18.0 Å². The average Bonchev–Trinajstić information content (AvgIpc) is 3.21. The molecule has 0 saturated carbocycles. The number of carbonyl (C=O) groups excluding carboxylic acids is 1. The van der Waals surface area contributed by atoms with E-state index in [9.17, 15) is 9.90 Å². The van der Waals surface area contributed by atoms with E-state index in [0.29, 0.717) is 18.7 Å². The Bertz CT molecular complexity index is 671. The average molecular weight is 332 g/mol. The van der Waals surface area contributed by atoms with E-state index in [2.05, 4.69) is 22.2 Å². The quantitative estimate of drug-likeness (QED) is 0.869. The van der Waals surface area contributed by atoms with Crippen molar-refractivity contribution in [3.8, 4) is 0 Å². The Kier molecular flexibility index (Phi) is 4.88. The summed E-state index contributed by atoms with van der Waals surface area (Å²) in [5.74, 6) is 0.643. The van der Waals surface area contributed by atoms with Crippen LogP contribution in [0.15, 0.2) is 23.7 Å². The second-order valence-electron chi connectivity index (χ2n) is 5.56. The number of pyridine rings is 1. The van der Waals surface area contributed by atoms with Gasteiger partial charge in [-0.25, -0.2) is 9.97 Å². The molecule has 0 aliphatic carbocycles. The monoisotopic (exact) mass is 332 g/mol. The first-order valence-electron chi connectivity index (χ1n) is 7.76. The Labute approximate surface area is 139 Å². The van der Waals surface area contributed by atoms with Crippen molar-refractivity contribution in [1.29, 1.82) is 0 Å². The molecule has 3 rings (SSSR count). The molecule has 0 aromatic carbocycles. The van der Waals surface area contributed by atoms with Gasteiger partial charge in [0.2, 0.25) is 0 Å². The smallest absolute Gasteiger partial charge is 0.253 e. The number of nitrogens with one attached hydrogen (secondary N) is 1. The minimum absolute atomic E-state index is 0.154. The van der Waals surface area contributed by atoms with Crippen molar-refractivity contribution in [1.82, 2.24) is 15.3 Å². The van der Waals surface area contributed by atoms with E-state index in [1.165, 1.54) is 0 Å². The van der Waals surface area contributed by atoms with Crippen molar-refractivity contribution < 1.29 is 9.90 Å². The van der Waals surface area contributed by atoms with E-state index in [0.717, 1.165) is 35.9 Å². The van der Waals surface area contributed by atoms with Crippen LogP contribution in [-0.4, -0.2) is 40.2 Å². The summed E-state index contributed by atoms with van der Waals surface area (Å²) in [5.41, 5.74) is 1.58. The zero-order chi connectivity index (χ0) is 16.2. The molecule has 2 aromatic rings. The number of thiazole rings is 1. The molecule has 7 heteroatoms. The minimum Gasteiger partial charge on any atom is -0.391 e. The number of aliphatic hydroxyl groups excluding tert-OH is 1. The fraction of sp³-hybridized carbons (Fsp3) is 0.438. The van der Waals surface area contributed by atoms with Gasteiger partial charge in [-0.05, 0) is 25.0 Å². The lowest BCUT2D eigenvalue weighted by Crippen LogP contribution is -2.24. The molecule has 0 bridgehead atoms. The van der Waals surface area contributed by atoms with Gasteiger partial charge in [0.25, 0.3) is 5.91 Å². The molecule has 2 aromatic heterocycles. The van der Waals surface area contributed by atoms with Crippen LogP contribution in [0.1, 0.15) is 34.4 Å². The summed E-state index contributed by atoms with van der Waals surface area (Å²) >= 11 is 1.56. The van der Waals surface area contributed by atoms with Crippen LogP contribution in [0.25, 0.3) is 0 Å². The number of rotatable bonds is 5. The molecule has 2 N–H and O–H groups in total. The highest BCUT2D eigenvalue weighted by atomic mass is 32.1. The van der Waals surface area contributed by atoms with E-state index in [1.54, 1.807) is 23.6 Å². The van der Waals surface area contributed by atoms with Crippen LogP contribution in [0.5, 0.6) is 0 Å². The standard InChI is InChI=1S/C16H20N4O2S/c1-2-12-10-23-15(19-12)8-18-16(22)11-3-4-14(17-7-11)20-6-5-13(21)9-20/h3-4,7,10,13,21H,2,5-6,8-9H2,1H3,(H,18,22)/t13-/m0/s1. The molecule has 0 radical (unpaired) electrons. The van der Waals surface area contributed by atoms with E-state index >= 15 is 0 Å². The van der Waals surface area contributed by atoms with Crippen molar-refractivity contribution in [2.45, 2.75) is 32.4 Å². The number of aliphatic hydroxyl groups is 1. The van der Waals surface area contributed by atoms with Crippen molar-refractivity contribution in [3.63, 3.8) is 0 Å². The topological polar surface area (TPSA) is 78.4 Å². The zero-order valence-electron chi connectivity index (χ0n) is 13.0. The fourth-order valence-corrected chi connectivity index (χ4v) is 3.32. The van der Waals surface area contributed by atoms with E-state index in [-0.39, 0.29) is 12.0 Å². The van der Waals surface area contributed by atoms with Gasteiger partial charge in [-0.1, -0.05) is 6.92 Å². The lowest BCUT2D eigenvalue weighted by atomic mass is 10.2. The molecule has 1 fully saturated rings. The van der Waals surface area contributed by atoms with Gasteiger partial charge in [-0.2, -0.15) is 0 Å². The SMILES string of the molecule is CCc1csc(CNC(=O)c2ccc(N3CC[C@H](O)C3)nc2)n1. The van der Waals surface area contributed by atoms with Crippen LogP contribution < -0.4 is 10.2 Å². The van der Waals surface area contributed by atoms with Crippen molar-refractivity contribution >= 4 is 23.1 Å². The summed E-state index contributed by atoms with van der Waals surface area (Å²) < 4.78 is 0. The third kappa shape index (κ3) is 3.86. The number of carbonyl (C=O) groups is 1. The maximum Gasteiger partial charge on any atom is 0.253 e. The van der Waals surface area contributed by atoms with Crippen LogP contribution >= 0.6 is 11.3 Å². The summed E-state index contributed by atoms with van der Waals surface area (Å²) in [6.07, 6.45) is 2.96. The van der Waals surface area contributed by atoms with Crippen molar-refractivity contribution in [3.05, 3.63) is 40.0 Å². The maximum atomic E-state index is 12.2. The van der Waals surface area contributed by atoms with E-state index in [1.807, 2.05) is 16.3 Å². The predicted octanol–water partition coefficient (Wildman–Crippen LogP) is 1.60. The third-order valence-corrected chi connectivity index (χ3v) is 4.76. The third-order valence-electron chi connectivity index (χ3n) is 3.86. The largest absolute Gasteiger partial charge is 0.391 e. The predicted molar refractivity (Wildman–Crippen MR) is 89.7 cm³/mol. The minimum atomic E-state index is -0.286. The van der Waals surface area contributed by atoms with E-state index < -0.39 is 0 Å². The molecule has 23 heavy (non-hydrogen) atoms. The van der Waals surface area contributed by atoms with Gasteiger partial charge >= 0.3 is 0 Å². The zero-order valence-corrected chi connectivity index (χ0v) is 13.8. The summed E-state index contributed by atoms with van der Waals surface area (Å²) in [5, 5.41) is 15.4. The summed E-state index contributed by atoms with van der Waals surface area (Å²) in [4.78, 5) is 22.9. The molecule has 1 amide bonds. The lowest BCUT2D eigenvalue weighted by molar-refractivity contribution is 0.0950. The molecule has 6 nitrogen and oxygen atoms in total. The van der Waals surface area contributed by atoms with Gasteiger partial charge in [-0.15, -0.1) is 11.3 Å². The number of hydrogen-bond acceptors (Lipinski definition) is 6. The number of amides is 1. The van der Waals surface area contributed by atoms with Gasteiger partial charge in [0.05, 0.1) is 23.9 Å². The highest BCUT2D eigenvalue weighted by molar-refractivity contribution is 7.09. The Balaban J connectivity index is 1.57. The second-order valence-corrected chi connectivity index (χ2v) is 6.51. The molecule has 0 spiro atoms. The second kappa shape index (κ2) is 7.06. The van der Waals surface area contributed by atoms with Crippen LogP contribution in [0, 0.1) is 0 Å². The Morgan fingerprint density at radius 3 is 3.00 bits per heavy atom. The lowest BCUT2D eigenvalue weighted by Gasteiger charge is -2.16. The molecule has 1 aliphatic heterocycles. The van der Waals surface area contributed by atoms with Gasteiger partial charge in [0.1, 0.15) is 10.8 Å². The van der Waals surface area contributed by atoms with Crippen LogP contribution in [0.4, 0.5) is 5.82 Å². The fourth-order valence-electron chi connectivity index (χ4n) is 2.51. The Morgan fingerprint density at radius 1 is 1.52 bits per heavy atom. The molecule has 122 valence electrons. The van der Waals surface area contributed by atoms with Gasteiger partial charge < -0.3 is 15.3 Å². The normalized spacial score (nSPS) is 17.5. The van der Waals surface area contributed by atoms with Gasteiger partial charge in [-0.3, -0.25) is 4.79 Å². The summed E-state index contributed by atoms with van der Waals surface area (Å²) in [6.45, 7) is 3.89. The number of anilines is 1. The molecule has 1 saturated heterocycles. The number of aromatic nitrogens is 2. The molecule has 1 aliphatic rings. The first kappa shape index (κ1) is 15.9. The number of nitrogens with zero attached hydrogens (tertiary/aromatic N) is 3. The number of hydrogen-bond donors (Lipinski definition) is 2. The Morgan fingerprint density at radius 2 is 2.39 bits per heavy atom. The summed E-state index contributed by atoms with van der Waals surface area (Å²) in [6, 6.07) is 3.59.